The topological polar surface area (TPSA) is 73.1 Å². The van der Waals surface area contributed by atoms with Crippen molar-refractivity contribution in [2.24, 2.45) is 0 Å². The molecule has 1 saturated carbocycles. The molecule has 2 fully saturated rings. The summed E-state index contributed by atoms with van der Waals surface area (Å²) in [7, 11) is 1.30. The Kier molecular flexibility index (Phi) is 6.00. The summed E-state index contributed by atoms with van der Waals surface area (Å²) in [5.41, 5.74) is 3.93. The third kappa shape index (κ3) is 4.16. The molecule has 38 heavy (non-hydrogen) atoms. The summed E-state index contributed by atoms with van der Waals surface area (Å²) < 4.78 is 28.1. The zero-order valence-electron chi connectivity index (χ0n) is 22.1. The van der Waals surface area contributed by atoms with Gasteiger partial charge in [0.15, 0.2) is 11.6 Å². The number of benzene rings is 1. The summed E-state index contributed by atoms with van der Waals surface area (Å²) in [4.78, 5) is 32.3. The molecule has 0 bridgehead atoms. The van der Waals surface area contributed by atoms with Crippen molar-refractivity contribution in [3.8, 4) is 16.9 Å². The summed E-state index contributed by atoms with van der Waals surface area (Å²) >= 11 is 0. The Bertz CT molecular complexity index is 1490. The molecule has 198 valence electrons. The van der Waals surface area contributed by atoms with Crippen molar-refractivity contribution >= 4 is 23.6 Å². The summed E-state index contributed by atoms with van der Waals surface area (Å²) in [6, 6.07) is 7.39. The first-order valence-electron chi connectivity index (χ1n) is 13.4. The van der Waals surface area contributed by atoms with Gasteiger partial charge in [-0.3, -0.25) is 4.79 Å². The molecule has 1 aromatic carbocycles. The van der Waals surface area contributed by atoms with E-state index in [1.807, 2.05) is 27.6 Å². The van der Waals surface area contributed by atoms with Gasteiger partial charge in [-0.2, -0.15) is 0 Å². The lowest BCUT2D eigenvalue weighted by Crippen LogP contribution is -2.38. The summed E-state index contributed by atoms with van der Waals surface area (Å²) in [6.45, 7) is 5.01. The van der Waals surface area contributed by atoms with Crippen LogP contribution in [0.4, 0.5) is 4.39 Å². The average Bonchev–Trinajstić information content (AvgIpc) is 3.59. The molecule has 2 aliphatic heterocycles. The van der Waals surface area contributed by atoms with Gasteiger partial charge in [0, 0.05) is 46.6 Å². The van der Waals surface area contributed by atoms with Gasteiger partial charge in [0.1, 0.15) is 17.9 Å². The first-order chi connectivity index (χ1) is 18.3. The number of nitrogens with zero attached hydrogens (tertiary/aromatic N) is 3. The van der Waals surface area contributed by atoms with Crippen molar-refractivity contribution in [1.29, 1.82) is 0 Å². The number of amides is 1. The van der Waals surface area contributed by atoms with Gasteiger partial charge in [0.05, 0.1) is 12.7 Å². The maximum Gasteiger partial charge on any atom is 0.337 e. The average molecular weight is 518 g/mol. The third-order valence-electron chi connectivity index (χ3n) is 8.31. The zero-order chi connectivity index (χ0) is 26.6. The Hall–Kier alpha value is -3.68. The smallest absolute Gasteiger partial charge is 0.337 e. The summed E-state index contributed by atoms with van der Waals surface area (Å²) in [6.07, 6.45) is 9.85. The molecule has 3 aromatic rings. The minimum absolute atomic E-state index is 0.0308. The quantitative estimate of drug-likeness (QED) is 0.425. The molecule has 6 rings (SSSR count). The fraction of sp³-hybridized carbons (Fsp3) is 0.433. The molecular weight excluding hydrogens is 485 g/mol. The van der Waals surface area contributed by atoms with E-state index in [-0.39, 0.29) is 29.7 Å². The highest BCUT2D eigenvalue weighted by Crippen LogP contribution is 2.48. The number of aromatic nitrogens is 2. The molecule has 1 atom stereocenters. The highest BCUT2D eigenvalue weighted by Gasteiger charge is 2.42. The van der Waals surface area contributed by atoms with Crippen LogP contribution in [-0.2, 0) is 14.9 Å². The Morgan fingerprint density at radius 2 is 2.00 bits per heavy atom. The lowest BCUT2D eigenvalue weighted by atomic mass is 10.0. The lowest BCUT2D eigenvalue weighted by Gasteiger charge is -2.27. The monoisotopic (exact) mass is 517 g/mol. The SMILES string of the molecule is COC(=O)C1=Cc2ccc(-c3cc4nc(C(=O)N5CCCCC[C@H]5C)cc(C5(C)CC5)n4c3)c(F)c2OC1. The fourth-order valence-electron chi connectivity index (χ4n) is 5.66. The van der Waals surface area contributed by atoms with E-state index < -0.39 is 11.8 Å². The number of halogens is 1. The number of carbonyl (C=O) groups is 2. The number of ether oxygens (including phenoxy) is 2. The predicted molar refractivity (Wildman–Crippen MR) is 142 cm³/mol. The number of carbonyl (C=O) groups excluding carboxylic acids is 2. The van der Waals surface area contributed by atoms with Gasteiger partial charge in [0.2, 0.25) is 0 Å². The van der Waals surface area contributed by atoms with Crippen LogP contribution < -0.4 is 4.74 Å². The Morgan fingerprint density at radius 1 is 1.18 bits per heavy atom. The normalized spacial score (nSPS) is 20.3. The number of esters is 1. The van der Waals surface area contributed by atoms with E-state index >= 15 is 4.39 Å². The van der Waals surface area contributed by atoms with Gasteiger partial charge < -0.3 is 18.8 Å². The van der Waals surface area contributed by atoms with Crippen LogP contribution in [0.15, 0.2) is 36.0 Å². The van der Waals surface area contributed by atoms with Crippen molar-refractivity contribution in [1.82, 2.24) is 14.3 Å². The minimum atomic E-state index is -0.495. The summed E-state index contributed by atoms with van der Waals surface area (Å²) in [5, 5.41) is 0. The van der Waals surface area contributed by atoms with Gasteiger partial charge >= 0.3 is 5.97 Å². The van der Waals surface area contributed by atoms with Crippen LogP contribution in [0.3, 0.4) is 0 Å². The molecule has 0 unspecified atom stereocenters. The predicted octanol–water partition coefficient (Wildman–Crippen LogP) is 5.55. The second-order valence-corrected chi connectivity index (χ2v) is 11.0. The fourth-order valence-corrected chi connectivity index (χ4v) is 5.66. The third-order valence-corrected chi connectivity index (χ3v) is 8.31. The van der Waals surface area contributed by atoms with Crippen molar-refractivity contribution in [2.75, 3.05) is 20.3 Å². The second kappa shape index (κ2) is 9.26. The largest absolute Gasteiger partial charge is 0.485 e. The molecule has 2 aromatic heterocycles. The van der Waals surface area contributed by atoms with E-state index in [0.717, 1.165) is 50.8 Å². The number of methoxy groups -OCH3 is 1. The molecule has 0 spiro atoms. The first kappa shape index (κ1) is 24.6. The van der Waals surface area contributed by atoms with E-state index in [9.17, 15) is 9.59 Å². The molecule has 7 nitrogen and oxygen atoms in total. The van der Waals surface area contributed by atoms with Crippen LogP contribution in [0.5, 0.6) is 5.75 Å². The van der Waals surface area contributed by atoms with Crippen LogP contribution in [0.2, 0.25) is 0 Å². The minimum Gasteiger partial charge on any atom is -0.485 e. The van der Waals surface area contributed by atoms with E-state index in [1.54, 1.807) is 18.2 Å². The van der Waals surface area contributed by atoms with Crippen LogP contribution in [0.1, 0.15) is 74.1 Å². The number of rotatable bonds is 4. The van der Waals surface area contributed by atoms with Crippen molar-refractivity contribution < 1.29 is 23.5 Å². The van der Waals surface area contributed by atoms with Crippen LogP contribution in [0, 0.1) is 5.82 Å². The van der Waals surface area contributed by atoms with E-state index in [4.69, 9.17) is 14.5 Å². The molecule has 0 N–H and O–H groups in total. The van der Waals surface area contributed by atoms with Gasteiger partial charge in [-0.1, -0.05) is 31.9 Å². The van der Waals surface area contributed by atoms with E-state index in [2.05, 4.69) is 13.8 Å². The highest BCUT2D eigenvalue weighted by molar-refractivity contribution is 5.95. The molecule has 3 aliphatic rings. The summed E-state index contributed by atoms with van der Waals surface area (Å²) in [5.74, 6) is -0.908. The van der Waals surface area contributed by atoms with Crippen LogP contribution >= 0.6 is 0 Å². The molecule has 1 amide bonds. The molecule has 1 saturated heterocycles. The number of fused-ring (bicyclic) bond motifs is 2. The molecule has 4 heterocycles. The molecule has 8 heteroatoms. The Balaban J connectivity index is 1.42. The zero-order valence-corrected chi connectivity index (χ0v) is 22.1. The van der Waals surface area contributed by atoms with E-state index in [1.165, 1.54) is 7.11 Å². The number of likely N-dealkylation sites (tertiary alicyclic amines) is 1. The first-order valence-corrected chi connectivity index (χ1v) is 13.4. The van der Waals surface area contributed by atoms with Gasteiger partial charge in [-0.15, -0.1) is 0 Å². The van der Waals surface area contributed by atoms with Gasteiger partial charge in [0.25, 0.3) is 5.91 Å². The van der Waals surface area contributed by atoms with Crippen LogP contribution in [0.25, 0.3) is 22.9 Å². The lowest BCUT2D eigenvalue weighted by molar-refractivity contribution is -0.136. The molecule has 1 aliphatic carbocycles. The number of hydrogen-bond acceptors (Lipinski definition) is 5. The van der Waals surface area contributed by atoms with E-state index in [0.29, 0.717) is 33.6 Å². The van der Waals surface area contributed by atoms with Crippen molar-refractivity contribution in [3.63, 3.8) is 0 Å². The van der Waals surface area contributed by atoms with Crippen LogP contribution in [-0.4, -0.2) is 52.5 Å². The van der Waals surface area contributed by atoms with Gasteiger partial charge in [-0.25, -0.2) is 14.2 Å². The molecule has 0 radical (unpaired) electrons. The maximum absolute atomic E-state index is 15.7. The van der Waals surface area contributed by atoms with Crippen molar-refractivity contribution in [2.45, 2.75) is 63.8 Å². The standard InChI is InChI=1S/C30H32FN3O4/c1-18-7-5-4-6-12-33(18)28(35)23-15-24(30(2)10-11-30)34-16-20(14-25(34)32-23)22-9-8-19-13-21(29(36)37-3)17-38-27(19)26(22)31/h8-9,13-16,18H,4-7,10-12,17H2,1-3H3/t18-/m1/s1. The highest BCUT2D eigenvalue weighted by atomic mass is 19.1. The Morgan fingerprint density at radius 3 is 2.76 bits per heavy atom. The Labute approximate surface area is 221 Å². The number of hydrogen-bond donors (Lipinski definition) is 0. The second-order valence-electron chi connectivity index (χ2n) is 11.0. The van der Waals surface area contributed by atoms with Gasteiger partial charge in [-0.05, 0) is 50.8 Å². The molecular formula is C30H32FN3O4. The van der Waals surface area contributed by atoms with Crippen molar-refractivity contribution in [3.05, 3.63) is 58.8 Å². The maximum atomic E-state index is 15.7.